The van der Waals surface area contributed by atoms with E-state index < -0.39 is 6.04 Å². The van der Waals surface area contributed by atoms with Gasteiger partial charge in [-0.25, -0.2) is 4.39 Å². The van der Waals surface area contributed by atoms with Crippen LogP contribution in [0.15, 0.2) is 24.3 Å². The SMILES string of the molecule is C[C@H](N)C(=O)N1CCN(c2ccc(F)cc2)CC1.Cl.Cl. The minimum absolute atomic E-state index is 0. The van der Waals surface area contributed by atoms with Gasteiger partial charge in [0.2, 0.25) is 5.91 Å². The molecule has 1 atom stereocenters. The van der Waals surface area contributed by atoms with Crippen LogP contribution in [0.4, 0.5) is 10.1 Å². The van der Waals surface area contributed by atoms with Crippen molar-refractivity contribution in [2.24, 2.45) is 5.73 Å². The van der Waals surface area contributed by atoms with Crippen LogP contribution in [0.3, 0.4) is 0 Å². The predicted molar refractivity (Wildman–Crippen MR) is 83.3 cm³/mol. The molecule has 0 aliphatic carbocycles. The topological polar surface area (TPSA) is 49.6 Å². The van der Waals surface area contributed by atoms with E-state index in [-0.39, 0.29) is 36.5 Å². The summed E-state index contributed by atoms with van der Waals surface area (Å²) in [7, 11) is 0. The average molecular weight is 324 g/mol. The van der Waals surface area contributed by atoms with Gasteiger partial charge in [-0.1, -0.05) is 0 Å². The zero-order valence-electron chi connectivity index (χ0n) is 11.3. The van der Waals surface area contributed by atoms with Crippen LogP contribution < -0.4 is 10.6 Å². The number of hydrogen-bond acceptors (Lipinski definition) is 3. The number of nitrogens with zero attached hydrogens (tertiary/aromatic N) is 2. The molecule has 7 heteroatoms. The van der Waals surface area contributed by atoms with Gasteiger partial charge in [0.1, 0.15) is 5.82 Å². The first-order valence-corrected chi connectivity index (χ1v) is 6.13. The quantitative estimate of drug-likeness (QED) is 0.900. The maximum Gasteiger partial charge on any atom is 0.239 e. The van der Waals surface area contributed by atoms with E-state index in [1.54, 1.807) is 24.0 Å². The van der Waals surface area contributed by atoms with Gasteiger partial charge in [-0.05, 0) is 31.2 Å². The number of halogens is 3. The van der Waals surface area contributed by atoms with Crippen LogP contribution in [0.1, 0.15) is 6.92 Å². The van der Waals surface area contributed by atoms with Crippen molar-refractivity contribution in [3.05, 3.63) is 30.1 Å². The molecular weight excluding hydrogens is 304 g/mol. The molecule has 114 valence electrons. The fraction of sp³-hybridized carbons (Fsp3) is 0.462. The normalized spacial score (nSPS) is 15.9. The molecule has 1 saturated heterocycles. The molecule has 1 amide bonds. The second-order valence-corrected chi connectivity index (χ2v) is 4.58. The Kier molecular flexibility index (Phi) is 7.86. The number of nitrogens with two attached hydrogens (primary N) is 1. The maximum absolute atomic E-state index is 12.8. The Balaban J connectivity index is 0.00000180. The van der Waals surface area contributed by atoms with E-state index in [0.717, 1.165) is 18.8 Å². The lowest BCUT2D eigenvalue weighted by Crippen LogP contribution is -2.52. The van der Waals surface area contributed by atoms with Crippen LogP contribution in [-0.2, 0) is 4.79 Å². The zero-order valence-corrected chi connectivity index (χ0v) is 12.9. The Bertz CT molecular complexity index is 420. The third-order valence-electron chi connectivity index (χ3n) is 3.17. The molecule has 1 aliphatic heterocycles. The van der Waals surface area contributed by atoms with E-state index in [9.17, 15) is 9.18 Å². The highest BCUT2D eigenvalue weighted by molar-refractivity contribution is 5.85. The summed E-state index contributed by atoms with van der Waals surface area (Å²) in [6, 6.07) is 5.99. The van der Waals surface area contributed by atoms with Gasteiger partial charge in [0, 0.05) is 31.9 Å². The Hall–Kier alpha value is -1.04. The third-order valence-corrected chi connectivity index (χ3v) is 3.17. The van der Waals surface area contributed by atoms with Crippen LogP contribution in [0.2, 0.25) is 0 Å². The fourth-order valence-electron chi connectivity index (χ4n) is 2.12. The summed E-state index contributed by atoms with van der Waals surface area (Å²) in [4.78, 5) is 15.6. The van der Waals surface area contributed by atoms with Gasteiger partial charge in [-0.2, -0.15) is 0 Å². The smallest absolute Gasteiger partial charge is 0.239 e. The Morgan fingerprint density at radius 2 is 1.65 bits per heavy atom. The first-order valence-electron chi connectivity index (χ1n) is 6.13. The summed E-state index contributed by atoms with van der Waals surface area (Å²) < 4.78 is 12.8. The summed E-state index contributed by atoms with van der Waals surface area (Å²) in [6.45, 7) is 4.54. The number of piperazine rings is 1. The second-order valence-electron chi connectivity index (χ2n) is 4.58. The Morgan fingerprint density at radius 3 is 2.10 bits per heavy atom. The Labute approximate surface area is 130 Å². The highest BCUT2D eigenvalue weighted by Gasteiger charge is 2.23. The minimum Gasteiger partial charge on any atom is -0.368 e. The highest BCUT2D eigenvalue weighted by atomic mass is 35.5. The molecule has 1 heterocycles. The predicted octanol–water partition coefficient (Wildman–Crippen LogP) is 1.67. The van der Waals surface area contributed by atoms with Crippen LogP contribution in [0.5, 0.6) is 0 Å². The largest absolute Gasteiger partial charge is 0.368 e. The lowest BCUT2D eigenvalue weighted by Gasteiger charge is -2.36. The third kappa shape index (κ3) is 4.51. The molecule has 1 aromatic carbocycles. The van der Waals surface area contributed by atoms with Crippen LogP contribution in [-0.4, -0.2) is 43.0 Å². The lowest BCUT2D eigenvalue weighted by atomic mass is 10.2. The van der Waals surface area contributed by atoms with E-state index in [2.05, 4.69) is 4.90 Å². The summed E-state index contributed by atoms with van der Waals surface area (Å²) in [5, 5.41) is 0. The average Bonchev–Trinajstić information content (AvgIpc) is 2.39. The molecule has 0 unspecified atom stereocenters. The van der Waals surface area contributed by atoms with E-state index in [1.807, 2.05) is 0 Å². The highest BCUT2D eigenvalue weighted by Crippen LogP contribution is 2.17. The Morgan fingerprint density at radius 1 is 1.15 bits per heavy atom. The zero-order chi connectivity index (χ0) is 13.1. The van der Waals surface area contributed by atoms with Gasteiger partial charge < -0.3 is 15.5 Å². The van der Waals surface area contributed by atoms with Crippen LogP contribution >= 0.6 is 24.8 Å². The van der Waals surface area contributed by atoms with Crippen molar-refractivity contribution in [3.8, 4) is 0 Å². The molecule has 2 rings (SSSR count). The van der Waals surface area contributed by atoms with E-state index in [0.29, 0.717) is 13.1 Å². The number of anilines is 1. The van der Waals surface area contributed by atoms with Crippen molar-refractivity contribution in [2.45, 2.75) is 13.0 Å². The molecule has 0 bridgehead atoms. The van der Waals surface area contributed by atoms with Crippen molar-refractivity contribution in [3.63, 3.8) is 0 Å². The summed E-state index contributed by atoms with van der Waals surface area (Å²) in [5.41, 5.74) is 6.57. The molecule has 0 radical (unpaired) electrons. The molecule has 4 nitrogen and oxygen atoms in total. The van der Waals surface area contributed by atoms with Crippen LogP contribution in [0, 0.1) is 5.82 Å². The van der Waals surface area contributed by atoms with Gasteiger partial charge in [0.25, 0.3) is 0 Å². The van der Waals surface area contributed by atoms with E-state index in [4.69, 9.17) is 5.73 Å². The summed E-state index contributed by atoms with van der Waals surface area (Å²) in [6.07, 6.45) is 0. The molecule has 1 fully saturated rings. The van der Waals surface area contributed by atoms with Crippen molar-refractivity contribution >= 4 is 36.4 Å². The molecule has 0 saturated carbocycles. The van der Waals surface area contributed by atoms with E-state index >= 15 is 0 Å². The molecule has 2 N–H and O–H groups in total. The molecule has 1 aliphatic rings. The first kappa shape index (κ1) is 19.0. The van der Waals surface area contributed by atoms with Crippen molar-refractivity contribution in [2.75, 3.05) is 31.1 Å². The number of carbonyl (C=O) groups excluding carboxylic acids is 1. The van der Waals surface area contributed by atoms with Gasteiger partial charge in [-0.3, -0.25) is 4.79 Å². The monoisotopic (exact) mass is 323 g/mol. The van der Waals surface area contributed by atoms with Gasteiger partial charge in [-0.15, -0.1) is 24.8 Å². The minimum atomic E-state index is -0.442. The van der Waals surface area contributed by atoms with Crippen molar-refractivity contribution in [1.82, 2.24) is 4.90 Å². The fourth-order valence-corrected chi connectivity index (χ4v) is 2.12. The number of hydrogen-bond donors (Lipinski definition) is 1. The molecule has 20 heavy (non-hydrogen) atoms. The van der Waals surface area contributed by atoms with Gasteiger partial charge in [0.05, 0.1) is 6.04 Å². The van der Waals surface area contributed by atoms with Gasteiger partial charge >= 0.3 is 0 Å². The van der Waals surface area contributed by atoms with Crippen LogP contribution in [0.25, 0.3) is 0 Å². The summed E-state index contributed by atoms with van der Waals surface area (Å²) >= 11 is 0. The summed E-state index contributed by atoms with van der Waals surface area (Å²) in [5.74, 6) is -0.238. The lowest BCUT2D eigenvalue weighted by molar-refractivity contribution is -0.132. The molecule has 0 aromatic heterocycles. The van der Waals surface area contributed by atoms with Crippen molar-refractivity contribution < 1.29 is 9.18 Å². The van der Waals surface area contributed by atoms with Gasteiger partial charge in [0.15, 0.2) is 0 Å². The van der Waals surface area contributed by atoms with E-state index in [1.165, 1.54) is 12.1 Å². The maximum atomic E-state index is 12.8. The van der Waals surface area contributed by atoms with Crippen molar-refractivity contribution in [1.29, 1.82) is 0 Å². The first-order chi connectivity index (χ1) is 8.58. The standard InChI is InChI=1S/C13H18FN3O.2ClH/c1-10(15)13(18)17-8-6-16(7-9-17)12-4-2-11(14)3-5-12;;/h2-5,10H,6-9,15H2,1H3;2*1H/t10-;;/m0../s1. The molecule has 1 aromatic rings. The number of rotatable bonds is 2. The number of amides is 1. The number of carbonyl (C=O) groups is 1. The molecular formula is C13H20Cl2FN3O. The number of benzene rings is 1. The molecule has 0 spiro atoms. The second kappa shape index (κ2) is 8.29.